The fourth-order valence-corrected chi connectivity index (χ4v) is 5.11. The van der Waals surface area contributed by atoms with Crippen molar-refractivity contribution in [1.29, 1.82) is 0 Å². The van der Waals surface area contributed by atoms with Gasteiger partial charge < -0.3 is 14.4 Å². The van der Waals surface area contributed by atoms with Crippen molar-refractivity contribution in [1.82, 2.24) is 14.6 Å². The second-order valence-corrected chi connectivity index (χ2v) is 8.11. The number of benzene rings is 1. The maximum Gasteiger partial charge on any atom is 0.235 e. The van der Waals surface area contributed by atoms with E-state index in [1.54, 1.807) is 18.4 Å². The Hall–Kier alpha value is -2.71. The Bertz CT molecular complexity index is 1080. The van der Waals surface area contributed by atoms with E-state index in [-0.39, 0.29) is 17.7 Å². The van der Waals surface area contributed by atoms with Crippen LogP contribution in [-0.4, -0.2) is 32.8 Å². The molecule has 1 aliphatic heterocycles. The lowest BCUT2D eigenvalue weighted by Gasteiger charge is -2.31. The van der Waals surface area contributed by atoms with Crippen LogP contribution in [0.5, 0.6) is 5.88 Å². The molecule has 1 atom stereocenters. The summed E-state index contributed by atoms with van der Waals surface area (Å²) >= 11 is 1.43. The molecule has 0 aliphatic carbocycles. The number of piperidine rings is 1. The minimum absolute atomic E-state index is 0.0681. The van der Waals surface area contributed by atoms with E-state index < -0.39 is 0 Å². The highest BCUT2D eigenvalue weighted by molar-refractivity contribution is 7.17. The molecule has 1 aliphatic rings. The number of furan rings is 1. The van der Waals surface area contributed by atoms with Gasteiger partial charge in [0.25, 0.3) is 0 Å². The third-order valence-electron chi connectivity index (χ3n) is 5.31. The minimum atomic E-state index is -0.258. The molecule has 4 aromatic rings. The summed E-state index contributed by atoms with van der Waals surface area (Å²) in [6.45, 7) is 2.04. The molecule has 2 N–H and O–H groups in total. The first-order chi connectivity index (χ1) is 13.7. The van der Waals surface area contributed by atoms with Crippen molar-refractivity contribution in [2.24, 2.45) is 0 Å². The zero-order chi connectivity index (χ0) is 19.1. The van der Waals surface area contributed by atoms with Crippen molar-refractivity contribution in [2.75, 3.05) is 13.1 Å². The summed E-state index contributed by atoms with van der Waals surface area (Å²) in [5, 5.41) is 15.4. The molecule has 0 radical (unpaired) electrons. The number of hydrogen-bond acceptors (Lipinski definition) is 5. The van der Waals surface area contributed by atoms with Crippen LogP contribution in [0.2, 0.25) is 0 Å². The summed E-state index contributed by atoms with van der Waals surface area (Å²) in [4.78, 5) is 7.32. The Kier molecular flexibility index (Phi) is 4.37. The molecule has 1 aromatic carbocycles. The van der Waals surface area contributed by atoms with E-state index >= 15 is 0 Å². The third-order valence-corrected chi connectivity index (χ3v) is 6.40. The number of hydrogen-bond donors (Lipinski definition) is 2. The number of thiazole rings is 1. The molecule has 28 heavy (non-hydrogen) atoms. The molecule has 3 aromatic heterocycles. The topological polar surface area (TPSA) is 68.0 Å². The van der Waals surface area contributed by atoms with E-state index in [2.05, 4.69) is 10.1 Å². The molecule has 1 saturated heterocycles. The highest BCUT2D eigenvalue weighted by atomic mass is 32.1. The number of rotatable bonds is 4. The number of quaternary nitrogens is 1. The molecule has 5 rings (SSSR count). The average Bonchev–Trinajstić information content (AvgIpc) is 3.43. The summed E-state index contributed by atoms with van der Waals surface area (Å²) < 4.78 is 20.3. The predicted molar refractivity (Wildman–Crippen MR) is 103 cm³/mol. The molecule has 8 heteroatoms. The standard InChI is InChI=1S/C20H19FN4O2S/c21-14-8-6-13(7-9-14)16(24-10-2-1-3-11-24)17-19(26)25-20(28-17)22-18(23-25)15-5-4-12-27-15/h4-9,12,16,26H,1-3,10-11H2/p+1/t16-/m0/s1. The van der Waals surface area contributed by atoms with E-state index in [9.17, 15) is 9.50 Å². The number of halogens is 1. The first-order valence-electron chi connectivity index (χ1n) is 9.43. The van der Waals surface area contributed by atoms with Gasteiger partial charge in [-0.25, -0.2) is 4.39 Å². The first kappa shape index (κ1) is 17.4. The monoisotopic (exact) mass is 399 g/mol. The van der Waals surface area contributed by atoms with E-state index in [1.165, 1.54) is 39.3 Å². The van der Waals surface area contributed by atoms with Gasteiger partial charge in [0.1, 0.15) is 10.7 Å². The van der Waals surface area contributed by atoms with Crippen LogP contribution in [-0.2, 0) is 0 Å². The van der Waals surface area contributed by atoms with Crippen LogP contribution in [0.15, 0.2) is 47.1 Å². The molecule has 0 amide bonds. The maximum absolute atomic E-state index is 13.5. The maximum atomic E-state index is 13.5. The highest BCUT2D eigenvalue weighted by Crippen LogP contribution is 2.36. The van der Waals surface area contributed by atoms with Gasteiger partial charge in [0.2, 0.25) is 16.7 Å². The lowest BCUT2D eigenvalue weighted by atomic mass is 10.0. The summed E-state index contributed by atoms with van der Waals surface area (Å²) in [5.74, 6) is 0.846. The van der Waals surface area contributed by atoms with Gasteiger partial charge in [-0.3, -0.25) is 0 Å². The zero-order valence-electron chi connectivity index (χ0n) is 15.1. The van der Waals surface area contributed by atoms with Crippen LogP contribution in [0.3, 0.4) is 0 Å². The van der Waals surface area contributed by atoms with E-state index in [1.807, 2.05) is 12.1 Å². The molecule has 0 unspecified atom stereocenters. The molecular weight excluding hydrogens is 379 g/mol. The van der Waals surface area contributed by atoms with Crippen LogP contribution < -0.4 is 4.90 Å². The largest absolute Gasteiger partial charge is 0.492 e. The van der Waals surface area contributed by atoms with E-state index in [4.69, 9.17) is 4.42 Å². The normalized spacial score (nSPS) is 16.6. The molecule has 0 bridgehead atoms. The number of likely N-dealkylation sites (tertiary alicyclic amines) is 1. The summed E-state index contributed by atoms with van der Waals surface area (Å²) in [5.41, 5.74) is 0.990. The van der Waals surface area contributed by atoms with Gasteiger partial charge >= 0.3 is 0 Å². The number of aromatic hydroxyl groups is 1. The molecule has 0 spiro atoms. The third kappa shape index (κ3) is 2.98. The number of fused-ring (bicyclic) bond motifs is 1. The molecule has 0 saturated carbocycles. The van der Waals surface area contributed by atoms with Crippen molar-refractivity contribution < 1.29 is 18.8 Å². The summed E-state index contributed by atoms with van der Waals surface area (Å²) in [6, 6.07) is 10.1. The van der Waals surface area contributed by atoms with Crippen LogP contribution in [0.1, 0.15) is 35.7 Å². The SMILES string of the molecule is Oc1c([C@H](c2ccc(F)cc2)[NH+]2CCCCC2)sc2nc(-c3ccco3)nn12. The van der Waals surface area contributed by atoms with Crippen molar-refractivity contribution in [2.45, 2.75) is 25.3 Å². The van der Waals surface area contributed by atoms with Gasteiger partial charge in [0, 0.05) is 5.56 Å². The number of nitrogens with zero attached hydrogens (tertiary/aromatic N) is 3. The molecule has 1 fully saturated rings. The van der Waals surface area contributed by atoms with Crippen LogP contribution in [0.4, 0.5) is 4.39 Å². The average molecular weight is 399 g/mol. The Morgan fingerprint density at radius 1 is 1.14 bits per heavy atom. The van der Waals surface area contributed by atoms with Gasteiger partial charge in [0.15, 0.2) is 11.8 Å². The number of nitrogens with one attached hydrogen (secondary N) is 1. The molecular formula is C20H20FN4O2S+. The van der Waals surface area contributed by atoms with Gasteiger partial charge in [0.05, 0.1) is 19.4 Å². The number of aromatic nitrogens is 3. The first-order valence-corrected chi connectivity index (χ1v) is 10.2. The smallest absolute Gasteiger partial charge is 0.235 e. The van der Waals surface area contributed by atoms with Gasteiger partial charge in [-0.05, 0) is 55.7 Å². The Morgan fingerprint density at radius 2 is 1.93 bits per heavy atom. The lowest BCUT2D eigenvalue weighted by molar-refractivity contribution is -0.929. The van der Waals surface area contributed by atoms with Crippen molar-refractivity contribution in [3.63, 3.8) is 0 Å². The van der Waals surface area contributed by atoms with E-state index in [0.29, 0.717) is 16.5 Å². The molecule has 144 valence electrons. The highest BCUT2D eigenvalue weighted by Gasteiger charge is 2.33. The minimum Gasteiger partial charge on any atom is -0.492 e. The Balaban J connectivity index is 1.59. The van der Waals surface area contributed by atoms with Crippen LogP contribution >= 0.6 is 11.3 Å². The van der Waals surface area contributed by atoms with E-state index in [0.717, 1.165) is 36.4 Å². The summed E-state index contributed by atoms with van der Waals surface area (Å²) in [7, 11) is 0. The Morgan fingerprint density at radius 3 is 2.61 bits per heavy atom. The molecule has 4 heterocycles. The molecule has 6 nitrogen and oxygen atoms in total. The van der Waals surface area contributed by atoms with Crippen molar-refractivity contribution in [3.8, 4) is 17.5 Å². The second kappa shape index (κ2) is 7.03. The Labute approximate surface area is 164 Å². The second-order valence-electron chi connectivity index (χ2n) is 7.10. The van der Waals surface area contributed by atoms with Gasteiger partial charge in [-0.1, -0.05) is 11.3 Å². The van der Waals surface area contributed by atoms with Crippen LogP contribution in [0, 0.1) is 5.82 Å². The zero-order valence-corrected chi connectivity index (χ0v) is 16.0. The quantitative estimate of drug-likeness (QED) is 0.554. The van der Waals surface area contributed by atoms with Gasteiger partial charge in [-0.15, -0.1) is 5.10 Å². The predicted octanol–water partition coefficient (Wildman–Crippen LogP) is 3.05. The van der Waals surface area contributed by atoms with Crippen LogP contribution in [0.25, 0.3) is 16.5 Å². The van der Waals surface area contributed by atoms with Gasteiger partial charge in [-0.2, -0.15) is 9.50 Å². The fraction of sp³-hybridized carbons (Fsp3) is 0.300. The van der Waals surface area contributed by atoms with Crippen molar-refractivity contribution in [3.05, 3.63) is 58.9 Å². The lowest BCUT2D eigenvalue weighted by Crippen LogP contribution is -3.13. The summed E-state index contributed by atoms with van der Waals surface area (Å²) in [6.07, 6.45) is 5.10. The van der Waals surface area contributed by atoms with Crippen molar-refractivity contribution >= 4 is 16.3 Å². The fourth-order valence-electron chi connectivity index (χ4n) is 3.97.